The number of nitrogens with zero attached hydrogens (tertiary/aromatic N) is 2. The number of carbonyl (C=O) groups excluding carboxylic acids is 2. The van der Waals surface area contributed by atoms with Gasteiger partial charge in [-0.1, -0.05) is 0 Å². The molecule has 0 saturated heterocycles. The maximum atomic E-state index is 11.4. The minimum atomic E-state index is -0.155. The minimum absolute atomic E-state index is 0.0352. The predicted octanol–water partition coefficient (Wildman–Crippen LogP) is 0.890. The van der Waals surface area contributed by atoms with Gasteiger partial charge >= 0.3 is 0 Å². The van der Waals surface area contributed by atoms with E-state index >= 15 is 0 Å². The van der Waals surface area contributed by atoms with Crippen LogP contribution in [0.1, 0.15) is 29.4 Å². The van der Waals surface area contributed by atoms with Crippen molar-refractivity contribution in [3.05, 3.63) is 17.5 Å². The molecule has 0 radical (unpaired) electrons. The van der Waals surface area contributed by atoms with E-state index in [4.69, 9.17) is 0 Å². The van der Waals surface area contributed by atoms with Crippen molar-refractivity contribution in [1.29, 1.82) is 0 Å². The summed E-state index contributed by atoms with van der Waals surface area (Å²) in [6.07, 6.45) is 1.60. The molecule has 0 aliphatic heterocycles. The number of Topliss-reactive ketones (excluding diaryl/α,β-unsaturated/α-hetero) is 2. The molecule has 0 aliphatic carbocycles. The van der Waals surface area contributed by atoms with Gasteiger partial charge in [-0.15, -0.1) is 0 Å². The summed E-state index contributed by atoms with van der Waals surface area (Å²) in [5.74, 6) is -0.272. The summed E-state index contributed by atoms with van der Waals surface area (Å²) in [5, 5.41) is 4.02. The van der Waals surface area contributed by atoms with Crippen molar-refractivity contribution in [2.24, 2.45) is 7.05 Å². The summed E-state index contributed by atoms with van der Waals surface area (Å²) in [4.78, 5) is 22.1. The van der Waals surface area contributed by atoms with Gasteiger partial charge in [-0.2, -0.15) is 5.10 Å². The van der Waals surface area contributed by atoms with Gasteiger partial charge in [-0.25, -0.2) is 0 Å². The van der Waals surface area contributed by atoms with E-state index in [1.165, 1.54) is 6.92 Å². The lowest BCUT2D eigenvalue weighted by Crippen LogP contribution is -2.05. The van der Waals surface area contributed by atoms with Crippen molar-refractivity contribution in [2.75, 3.05) is 0 Å². The quantitative estimate of drug-likeness (QED) is 0.512. The van der Waals surface area contributed by atoms with Crippen LogP contribution < -0.4 is 0 Å². The highest BCUT2D eigenvalue weighted by atomic mass is 16.1. The molecule has 70 valence electrons. The van der Waals surface area contributed by atoms with E-state index in [1.807, 2.05) is 0 Å². The molecule has 1 aromatic rings. The van der Waals surface area contributed by atoms with Crippen molar-refractivity contribution >= 4 is 11.6 Å². The van der Waals surface area contributed by atoms with Gasteiger partial charge in [0, 0.05) is 13.2 Å². The lowest BCUT2D eigenvalue weighted by Gasteiger charge is -1.93. The smallest absolute Gasteiger partial charge is 0.173 e. The number of rotatable bonds is 3. The molecular weight excluding hydrogens is 168 g/mol. The second kappa shape index (κ2) is 3.51. The molecule has 0 spiro atoms. The van der Waals surface area contributed by atoms with Crippen molar-refractivity contribution in [1.82, 2.24) is 9.78 Å². The molecule has 0 saturated carbocycles. The summed E-state index contributed by atoms with van der Waals surface area (Å²) in [6.45, 7) is 3.16. The van der Waals surface area contributed by atoms with E-state index in [2.05, 4.69) is 5.10 Å². The highest BCUT2D eigenvalue weighted by Gasteiger charge is 2.13. The largest absolute Gasteiger partial charge is 0.300 e. The summed E-state index contributed by atoms with van der Waals surface area (Å²) in [7, 11) is 1.75. The lowest BCUT2D eigenvalue weighted by atomic mass is 10.1. The first-order valence-corrected chi connectivity index (χ1v) is 4.03. The fraction of sp³-hybridized carbons (Fsp3) is 0.444. The van der Waals surface area contributed by atoms with Crippen LogP contribution in [0, 0.1) is 6.92 Å². The highest BCUT2D eigenvalue weighted by Crippen LogP contribution is 2.07. The Morgan fingerprint density at radius 3 is 2.54 bits per heavy atom. The number of hydrogen-bond acceptors (Lipinski definition) is 3. The predicted molar refractivity (Wildman–Crippen MR) is 47.6 cm³/mol. The average Bonchev–Trinajstić information content (AvgIpc) is 2.28. The molecule has 0 unspecified atom stereocenters. The Labute approximate surface area is 76.6 Å². The van der Waals surface area contributed by atoms with Gasteiger partial charge in [0.2, 0.25) is 0 Å². The summed E-state index contributed by atoms with van der Waals surface area (Å²) in [5.41, 5.74) is 1.21. The van der Waals surface area contributed by atoms with E-state index in [0.717, 1.165) is 0 Å². The van der Waals surface area contributed by atoms with E-state index < -0.39 is 0 Å². The standard InChI is InChI=1S/C9H12N2O2/c1-6(12)4-9(13)8-5-11(3)10-7(8)2/h5H,4H2,1-3H3. The zero-order chi connectivity index (χ0) is 10.0. The number of carbonyl (C=O) groups is 2. The van der Waals surface area contributed by atoms with E-state index in [9.17, 15) is 9.59 Å². The van der Waals surface area contributed by atoms with Crippen molar-refractivity contribution < 1.29 is 9.59 Å². The molecular formula is C9H12N2O2. The maximum Gasteiger partial charge on any atom is 0.173 e. The molecule has 0 fully saturated rings. The number of ketones is 2. The topological polar surface area (TPSA) is 52.0 Å². The summed E-state index contributed by atoms with van der Waals surface area (Å²) < 4.78 is 1.57. The Morgan fingerprint density at radius 1 is 1.54 bits per heavy atom. The van der Waals surface area contributed by atoms with Crippen molar-refractivity contribution in [2.45, 2.75) is 20.3 Å². The van der Waals surface area contributed by atoms with Crippen LogP contribution in [0.2, 0.25) is 0 Å². The third-order valence-electron chi connectivity index (χ3n) is 1.72. The van der Waals surface area contributed by atoms with Crippen LogP contribution in [0.3, 0.4) is 0 Å². The molecule has 13 heavy (non-hydrogen) atoms. The van der Waals surface area contributed by atoms with E-state index in [1.54, 1.807) is 24.9 Å². The molecule has 0 amide bonds. The normalized spacial score (nSPS) is 10.1. The Morgan fingerprint density at radius 2 is 2.15 bits per heavy atom. The SMILES string of the molecule is CC(=O)CC(=O)c1cn(C)nc1C. The maximum absolute atomic E-state index is 11.4. The molecule has 0 aliphatic rings. The van der Waals surface area contributed by atoms with Crippen LogP contribution in [0.15, 0.2) is 6.20 Å². The first kappa shape index (κ1) is 9.64. The fourth-order valence-corrected chi connectivity index (χ4v) is 1.19. The third kappa shape index (κ3) is 2.24. The van der Waals surface area contributed by atoms with Crippen LogP contribution >= 0.6 is 0 Å². The minimum Gasteiger partial charge on any atom is -0.300 e. The van der Waals surface area contributed by atoms with Crippen LogP contribution in [-0.2, 0) is 11.8 Å². The van der Waals surface area contributed by atoms with Crippen LogP contribution in [0.4, 0.5) is 0 Å². The van der Waals surface area contributed by atoms with Gasteiger partial charge in [-0.05, 0) is 13.8 Å². The van der Waals surface area contributed by atoms with Gasteiger partial charge < -0.3 is 0 Å². The lowest BCUT2D eigenvalue weighted by molar-refractivity contribution is -0.116. The molecule has 0 aromatic carbocycles. The molecule has 1 aromatic heterocycles. The second-order valence-corrected chi connectivity index (χ2v) is 3.10. The summed E-state index contributed by atoms with van der Waals surface area (Å²) in [6, 6.07) is 0. The highest BCUT2D eigenvalue weighted by molar-refractivity contribution is 6.07. The average molecular weight is 180 g/mol. The molecule has 4 heteroatoms. The Bertz CT molecular complexity index is 352. The molecule has 4 nitrogen and oxygen atoms in total. The summed E-state index contributed by atoms with van der Waals surface area (Å²) >= 11 is 0. The fourth-order valence-electron chi connectivity index (χ4n) is 1.19. The van der Waals surface area contributed by atoms with Gasteiger partial charge in [0.1, 0.15) is 5.78 Å². The number of aryl methyl sites for hydroxylation is 2. The molecule has 1 heterocycles. The Kier molecular flexibility index (Phi) is 2.60. The third-order valence-corrected chi connectivity index (χ3v) is 1.72. The van der Waals surface area contributed by atoms with Crippen molar-refractivity contribution in [3.8, 4) is 0 Å². The first-order valence-electron chi connectivity index (χ1n) is 4.03. The second-order valence-electron chi connectivity index (χ2n) is 3.10. The molecule has 1 rings (SSSR count). The van der Waals surface area contributed by atoms with Gasteiger partial charge in [0.25, 0.3) is 0 Å². The Balaban J connectivity index is 2.88. The molecule has 0 N–H and O–H groups in total. The van der Waals surface area contributed by atoms with Crippen LogP contribution in [0.5, 0.6) is 0 Å². The first-order chi connectivity index (χ1) is 6.00. The van der Waals surface area contributed by atoms with Crippen LogP contribution in [-0.4, -0.2) is 21.3 Å². The van der Waals surface area contributed by atoms with Gasteiger partial charge in [-0.3, -0.25) is 14.3 Å². The van der Waals surface area contributed by atoms with E-state index in [-0.39, 0.29) is 18.0 Å². The Hall–Kier alpha value is -1.45. The van der Waals surface area contributed by atoms with Gasteiger partial charge in [0.05, 0.1) is 17.7 Å². The number of hydrogen-bond donors (Lipinski definition) is 0. The number of aromatic nitrogens is 2. The zero-order valence-corrected chi connectivity index (χ0v) is 8.00. The zero-order valence-electron chi connectivity index (χ0n) is 8.00. The van der Waals surface area contributed by atoms with E-state index in [0.29, 0.717) is 11.3 Å². The van der Waals surface area contributed by atoms with Crippen molar-refractivity contribution in [3.63, 3.8) is 0 Å². The van der Waals surface area contributed by atoms with Crippen LogP contribution in [0.25, 0.3) is 0 Å². The molecule has 0 atom stereocenters. The monoisotopic (exact) mass is 180 g/mol. The molecule has 0 bridgehead atoms. The van der Waals surface area contributed by atoms with Gasteiger partial charge in [0.15, 0.2) is 5.78 Å².